The predicted molar refractivity (Wildman–Crippen MR) is 85.5 cm³/mol. The van der Waals surface area contributed by atoms with Crippen molar-refractivity contribution >= 4 is 5.91 Å². The number of nitrogens with zero attached hydrogens (tertiary/aromatic N) is 1. The van der Waals surface area contributed by atoms with E-state index in [0.29, 0.717) is 45.4 Å². The van der Waals surface area contributed by atoms with Gasteiger partial charge in [-0.15, -0.1) is 0 Å². The standard InChI is InChI=1S/C17H24N2O4/c1-12-3-4-13(14(20)18-12)15(21)19-8-5-17(6-9-19)11-16(2,22)7-10-23-17/h3-4,22H,5-11H2,1-2H3,(H,18,20). The number of hydrogen-bond donors (Lipinski definition) is 2. The van der Waals surface area contributed by atoms with E-state index in [4.69, 9.17) is 4.74 Å². The van der Waals surface area contributed by atoms with Crippen LogP contribution >= 0.6 is 0 Å². The molecule has 2 fully saturated rings. The number of pyridine rings is 1. The van der Waals surface area contributed by atoms with Crippen LogP contribution < -0.4 is 5.56 Å². The highest BCUT2D eigenvalue weighted by molar-refractivity contribution is 5.93. The number of aromatic amines is 1. The van der Waals surface area contributed by atoms with E-state index in [1.54, 1.807) is 24.0 Å². The zero-order valence-electron chi connectivity index (χ0n) is 13.7. The van der Waals surface area contributed by atoms with Crippen LogP contribution in [-0.4, -0.2) is 51.8 Å². The predicted octanol–water partition coefficient (Wildman–Crippen LogP) is 1.22. The molecule has 2 saturated heterocycles. The molecular formula is C17H24N2O4. The number of rotatable bonds is 1. The second-order valence-corrected chi connectivity index (χ2v) is 7.13. The minimum absolute atomic E-state index is 0.183. The van der Waals surface area contributed by atoms with Crippen LogP contribution in [0.2, 0.25) is 0 Å². The molecule has 1 unspecified atom stereocenters. The Hall–Kier alpha value is -1.66. The molecular weight excluding hydrogens is 296 g/mol. The van der Waals surface area contributed by atoms with Gasteiger partial charge in [0, 0.05) is 25.2 Å². The summed E-state index contributed by atoms with van der Waals surface area (Å²) in [5, 5.41) is 10.3. The van der Waals surface area contributed by atoms with E-state index in [-0.39, 0.29) is 22.6 Å². The summed E-state index contributed by atoms with van der Waals surface area (Å²) in [5.41, 5.74) is -0.450. The lowest BCUT2D eigenvalue weighted by molar-refractivity contribution is -0.170. The van der Waals surface area contributed by atoms with Gasteiger partial charge in [-0.05, 0) is 45.2 Å². The summed E-state index contributed by atoms with van der Waals surface area (Å²) in [5.74, 6) is -0.233. The van der Waals surface area contributed by atoms with Crippen LogP contribution in [0.4, 0.5) is 0 Å². The van der Waals surface area contributed by atoms with Gasteiger partial charge in [-0.3, -0.25) is 9.59 Å². The molecule has 126 valence electrons. The summed E-state index contributed by atoms with van der Waals surface area (Å²) in [6.45, 7) is 5.27. The Bertz CT molecular complexity index is 657. The van der Waals surface area contributed by atoms with Crippen LogP contribution in [0.5, 0.6) is 0 Å². The molecule has 2 aliphatic heterocycles. The number of nitrogens with one attached hydrogen (secondary N) is 1. The first-order valence-electron chi connectivity index (χ1n) is 8.16. The van der Waals surface area contributed by atoms with E-state index in [1.165, 1.54) is 0 Å². The van der Waals surface area contributed by atoms with Crippen molar-refractivity contribution in [3.8, 4) is 0 Å². The monoisotopic (exact) mass is 320 g/mol. The van der Waals surface area contributed by atoms with E-state index < -0.39 is 5.60 Å². The van der Waals surface area contributed by atoms with Gasteiger partial charge < -0.3 is 19.7 Å². The summed E-state index contributed by atoms with van der Waals surface area (Å²) in [7, 11) is 0. The van der Waals surface area contributed by atoms with Crippen LogP contribution in [0.15, 0.2) is 16.9 Å². The molecule has 3 rings (SSSR count). The van der Waals surface area contributed by atoms with Gasteiger partial charge in [-0.1, -0.05) is 0 Å². The average molecular weight is 320 g/mol. The summed E-state index contributed by atoms with van der Waals surface area (Å²) in [6.07, 6.45) is 2.64. The number of piperidine rings is 1. The molecule has 1 spiro atoms. The third-order valence-electron chi connectivity index (χ3n) is 5.00. The van der Waals surface area contributed by atoms with E-state index in [9.17, 15) is 14.7 Å². The molecule has 1 amide bonds. The maximum atomic E-state index is 12.5. The molecule has 0 aromatic carbocycles. The highest BCUT2D eigenvalue weighted by atomic mass is 16.5. The largest absolute Gasteiger partial charge is 0.390 e. The first-order chi connectivity index (χ1) is 10.8. The van der Waals surface area contributed by atoms with Crippen LogP contribution in [0.1, 0.15) is 48.7 Å². The van der Waals surface area contributed by atoms with Crippen molar-refractivity contribution in [2.75, 3.05) is 19.7 Å². The molecule has 1 aromatic rings. The third kappa shape index (κ3) is 3.33. The first-order valence-corrected chi connectivity index (χ1v) is 8.16. The quantitative estimate of drug-likeness (QED) is 0.815. The van der Waals surface area contributed by atoms with Crippen LogP contribution in [0.3, 0.4) is 0 Å². The molecule has 2 aliphatic rings. The fraction of sp³-hybridized carbons (Fsp3) is 0.647. The topological polar surface area (TPSA) is 82.6 Å². The van der Waals surface area contributed by atoms with Crippen molar-refractivity contribution in [1.29, 1.82) is 0 Å². The smallest absolute Gasteiger partial charge is 0.260 e. The second-order valence-electron chi connectivity index (χ2n) is 7.13. The molecule has 2 N–H and O–H groups in total. The highest BCUT2D eigenvalue weighted by Crippen LogP contribution is 2.39. The summed E-state index contributed by atoms with van der Waals surface area (Å²) < 4.78 is 5.95. The molecule has 0 bridgehead atoms. The third-order valence-corrected chi connectivity index (χ3v) is 5.00. The number of aliphatic hydroxyl groups is 1. The van der Waals surface area contributed by atoms with Gasteiger partial charge >= 0.3 is 0 Å². The van der Waals surface area contributed by atoms with Crippen molar-refractivity contribution in [3.05, 3.63) is 33.7 Å². The van der Waals surface area contributed by atoms with Gasteiger partial charge in [0.15, 0.2) is 0 Å². The van der Waals surface area contributed by atoms with Gasteiger partial charge in [0.05, 0.1) is 17.8 Å². The molecule has 0 aliphatic carbocycles. The average Bonchev–Trinajstić information content (AvgIpc) is 2.46. The lowest BCUT2D eigenvalue weighted by Crippen LogP contribution is -2.54. The first kappa shape index (κ1) is 16.2. The molecule has 23 heavy (non-hydrogen) atoms. The Kier molecular flexibility index (Phi) is 4.06. The van der Waals surface area contributed by atoms with Crippen LogP contribution in [0.25, 0.3) is 0 Å². The lowest BCUT2D eigenvalue weighted by atomic mass is 9.78. The Morgan fingerprint density at radius 3 is 2.61 bits per heavy atom. The number of aryl methyl sites for hydroxylation is 1. The second kappa shape index (κ2) is 5.76. The van der Waals surface area contributed by atoms with Crippen LogP contribution in [-0.2, 0) is 4.74 Å². The van der Waals surface area contributed by atoms with Gasteiger partial charge in [0.2, 0.25) is 0 Å². The van der Waals surface area contributed by atoms with Crippen LogP contribution in [0, 0.1) is 6.92 Å². The van der Waals surface area contributed by atoms with Gasteiger partial charge in [-0.25, -0.2) is 0 Å². The Balaban J connectivity index is 1.69. The Morgan fingerprint density at radius 1 is 1.30 bits per heavy atom. The van der Waals surface area contributed by atoms with E-state index >= 15 is 0 Å². The molecule has 3 heterocycles. The van der Waals surface area contributed by atoms with E-state index in [0.717, 1.165) is 5.69 Å². The number of carbonyl (C=O) groups excluding carboxylic acids is 1. The Labute approximate surface area is 135 Å². The molecule has 0 saturated carbocycles. The number of ether oxygens (including phenoxy) is 1. The van der Waals surface area contributed by atoms with Crippen molar-refractivity contribution in [2.24, 2.45) is 0 Å². The minimum Gasteiger partial charge on any atom is -0.390 e. The zero-order chi connectivity index (χ0) is 16.7. The minimum atomic E-state index is -0.696. The van der Waals surface area contributed by atoms with Crippen molar-refractivity contribution in [3.63, 3.8) is 0 Å². The zero-order valence-corrected chi connectivity index (χ0v) is 13.7. The molecule has 0 radical (unpaired) electrons. The Morgan fingerprint density at radius 2 is 2.00 bits per heavy atom. The van der Waals surface area contributed by atoms with Crippen molar-refractivity contribution < 1.29 is 14.6 Å². The maximum Gasteiger partial charge on any atom is 0.260 e. The normalized spacial score (nSPS) is 27.2. The fourth-order valence-corrected chi connectivity index (χ4v) is 3.67. The summed E-state index contributed by atoms with van der Waals surface area (Å²) >= 11 is 0. The summed E-state index contributed by atoms with van der Waals surface area (Å²) in [6, 6.07) is 3.32. The highest BCUT2D eigenvalue weighted by Gasteiger charge is 2.45. The number of likely N-dealkylation sites (tertiary alicyclic amines) is 1. The number of hydrogen-bond acceptors (Lipinski definition) is 4. The van der Waals surface area contributed by atoms with Crippen molar-refractivity contribution in [1.82, 2.24) is 9.88 Å². The molecule has 1 aromatic heterocycles. The van der Waals surface area contributed by atoms with E-state index in [1.807, 2.05) is 6.92 Å². The van der Waals surface area contributed by atoms with Gasteiger partial charge in [0.1, 0.15) is 5.56 Å². The molecule has 1 atom stereocenters. The summed E-state index contributed by atoms with van der Waals surface area (Å²) in [4.78, 5) is 28.9. The number of H-pyrrole nitrogens is 1. The SMILES string of the molecule is Cc1ccc(C(=O)N2CCC3(CC2)CC(C)(O)CCO3)c(=O)[nH]1. The van der Waals surface area contributed by atoms with Crippen molar-refractivity contribution in [2.45, 2.75) is 50.7 Å². The fourth-order valence-electron chi connectivity index (χ4n) is 3.67. The maximum absolute atomic E-state index is 12.5. The lowest BCUT2D eigenvalue weighted by Gasteiger charge is -2.48. The molecule has 6 heteroatoms. The van der Waals surface area contributed by atoms with Gasteiger partial charge in [0.25, 0.3) is 11.5 Å². The van der Waals surface area contributed by atoms with E-state index in [2.05, 4.69) is 4.98 Å². The number of carbonyl (C=O) groups is 1. The number of aromatic nitrogens is 1. The van der Waals surface area contributed by atoms with Gasteiger partial charge in [-0.2, -0.15) is 0 Å². The number of amides is 1. The molecule has 6 nitrogen and oxygen atoms in total.